The van der Waals surface area contributed by atoms with Crippen LogP contribution < -0.4 is 10.5 Å². The molecule has 5 heteroatoms. The van der Waals surface area contributed by atoms with Crippen LogP contribution in [0.25, 0.3) is 0 Å². The first-order valence-corrected chi connectivity index (χ1v) is 7.88. The topological polar surface area (TPSA) is 35.2 Å². The molecule has 0 spiro atoms. The molecule has 1 atom stereocenters. The highest BCUT2D eigenvalue weighted by molar-refractivity contribution is 9.11. The molecule has 0 amide bonds. The average Bonchev–Trinajstić information content (AvgIpc) is 2.72. The van der Waals surface area contributed by atoms with E-state index in [9.17, 15) is 0 Å². The summed E-state index contributed by atoms with van der Waals surface area (Å²) in [4.78, 5) is 1.18. The lowest BCUT2D eigenvalue weighted by atomic mass is 10.1. The fraction of sp³-hybridized carbons (Fsp3) is 0.231. The summed E-state index contributed by atoms with van der Waals surface area (Å²) in [7, 11) is 0. The van der Waals surface area contributed by atoms with Gasteiger partial charge < -0.3 is 10.5 Å². The first kappa shape index (κ1) is 14.1. The first-order chi connectivity index (χ1) is 8.56. The standard InChI is InChI=1S/C13H13Br2NOS/c1-8(16)11-4-2-9(14)6-12(11)17-7-10-3-5-13(15)18-10/h2-6,8H,7,16H2,1H3/t8-/m1/s1. The third-order valence-corrected chi connectivity index (χ3v) is 4.56. The highest BCUT2D eigenvalue weighted by Gasteiger charge is 2.09. The number of thiophene rings is 1. The van der Waals surface area contributed by atoms with E-state index in [-0.39, 0.29) is 6.04 Å². The maximum Gasteiger partial charge on any atom is 0.125 e. The second-order valence-electron chi connectivity index (χ2n) is 3.97. The zero-order valence-electron chi connectivity index (χ0n) is 9.82. The van der Waals surface area contributed by atoms with E-state index in [0.717, 1.165) is 19.6 Å². The van der Waals surface area contributed by atoms with Crippen molar-refractivity contribution < 1.29 is 4.74 Å². The van der Waals surface area contributed by atoms with Gasteiger partial charge in [0.2, 0.25) is 0 Å². The van der Waals surface area contributed by atoms with Crippen LogP contribution in [0.2, 0.25) is 0 Å². The summed E-state index contributed by atoms with van der Waals surface area (Å²) in [6.45, 7) is 2.52. The van der Waals surface area contributed by atoms with E-state index in [1.807, 2.05) is 31.2 Å². The summed E-state index contributed by atoms with van der Waals surface area (Å²) in [6, 6.07) is 9.97. The fourth-order valence-electron chi connectivity index (χ4n) is 1.59. The molecule has 2 nitrogen and oxygen atoms in total. The fourth-order valence-corrected chi connectivity index (χ4v) is 3.32. The molecule has 0 aliphatic heterocycles. The third kappa shape index (κ3) is 3.57. The number of nitrogens with two attached hydrogens (primary N) is 1. The minimum absolute atomic E-state index is 0.0387. The monoisotopic (exact) mass is 389 g/mol. The van der Waals surface area contributed by atoms with Gasteiger partial charge in [0.25, 0.3) is 0 Å². The zero-order valence-corrected chi connectivity index (χ0v) is 13.8. The Balaban J connectivity index is 2.15. The van der Waals surface area contributed by atoms with Crippen LogP contribution in [-0.2, 0) is 6.61 Å². The van der Waals surface area contributed by atoms with E-state index in [1.165, 1.54) is 4.88 Å². The van der Waals surface area contributed by atoms with Gasteiger partial charge in [0.1, 0.15) is 12.4 Å². The van der Waals surface area contributed by atoms with Gasteiger partial charge in [0, 0.05) is 21.0 Å². The molecule has 1 heterocycles. The SMILES string of the molecule is C[C@@H](N)c1ccc(Br)cc1OCc1ccc(Br)s1. The normalized spacial score (nSPS) is 12.4. The molecule has 0 bridgehead atoms. The Kier molecular flexibility index (Phi) is 4.84. The summed E-state index contributed by atoms with van der Waals surface area (Å²) >= 11 is 8.57. The predicted molar refractivity (Wildman–Crippen MR) is 83.1 cm³/mol. The van der Waals surface area contributed by atoms with Crippen LogP contribution in [0.15, 0.2) is 38.6 Å². The van der Waals surface area contributed by atoms with E-state index in [0.29, 0.717) is 6.61 Å². The quantitative estimate of drug-likeness (QED) is 0.807. The van der Waals surface area contributed by atoms with E-state index >= 15 is 0 Å². The van der Waals surface area contributed by atoms with Crippen molar-refractivity contribution in [3.05, 3.63) is 49.0 Å². The molecule has 1 aromatic carbocycles. The van der Waals surface area contributed by atoms with Crippen molar-refractivity contribution in [2.24, 2.45) is 5.73 Å². The summed E-state index contributed by atoms with van der Waals surface area (Å²) in [5, 5.41) is 0. The first-order valence-electron chi connectivity index (χ1n) is 5.48. The molecule has 0 saturated heterocycles. The molecule has 18 heavy (non-hydrogen) atoms. The molecular weight excluding hydrogens is 378 g/mol. The van der Waals surface area contributed by atoms with Crippen LogP contribution >= 0.6 is 43.2 Å². The van der Waals surface area contributed by atoms with Gasteiger partial charge >= 0.3 is 0 Å². The van der Waals surface area contributed by atoms with Gasteiger partial charge in [0.15, 0.2) is 0 Å². The van der Waals surface area contributed by atoms with Gasteiger partial charge in [-0.05, 0) is 47.1 Å². The van der Waals surface area contributed by atoms with Crippen molar-refractivity contribution in [1.29, 1.82) is 0 Å². The largest absolute Gasteiger partial charge is 0.488 e. The molecule has 2 rings (SSSR count). The molecule has 0 aliphatic rings. The molecule has 2 aromatic rings. The highest BCUT2D eigenvalue weighted by Crippen LogP contribution is 2.29. The van der Waals surface area contributed by atoms with Gasteiger partial charge in [0.05, 0.1) is 3.79 Å². The molecule has 2 N–H and O–H groups in total. The Morgan fingerprint density at radius 2 is 2.06 bits per heavy atom. The lowest BCUT2D eigenvalue weighted by molar-refractivity contribution is 0.305. The van der Waals surface area contributed by atoms with Crippen LogP contribution in [0.3, 0.4) is 0 Å². The number of rotatable bonds is 4. The van der Waals surface area contributed by atoms with E-state index in [2.05, 4.69) is 37.9 Å². The molecule has 96 valence electrons. The molecule has 0 saturated carbocycles. The molecule has 0 radical (unpaired) electrons. The number of hydrogen-bond donors (Lipinski definition) is 1. The number of ether oxygens (including phenoxy) is 1. The second-order valence-corrected chi connectivity index (χ2v) is 7.43. The molecule has 0 fully saturated rings. The van der Waals surface area contributed by atoms with Crippen molar-refractivity contribution >= 4 is 43.2 Å². The van der Waals surface area contributed by atoms with Crippen molar-refractivity contribution in [3.8, 4) is 5.75 Å². The maximum absolute atomic E-state index is 5.94. The lowest BCUT2D eigenvalue weighted by Gasteiger charge is -2.14. The summed E-state index contributed by atoms with van der Waals surface area (Å²) in [5.74, 6) is 0.837. The zero-order chi connectivity index (χ0) is 13.1. The van der Waals surface area contributed by atoms with Crippen molar-refractivity contribution in [3.63, 3.8) is 0 Å². The molecule has 0 unspecified atom stereocenters. The van der Waals surface area contributed by atoms with Gasteiger partial charge in [-0.1, -0.05) is 22.0 Å². The second kappa shape index (κ2) is 6.19. The van der Waals surface area contributed by atoms with Crippen LogP contribution in [0, 0.1) is 0 Å². The minimum atomic E-state index is -0.0387. The molecule has 0 aliphatic carbocycles. The third-order valence-electron chi connectivity index (χ3n) is 2.46. The summed E-state index contributed by atoms with van der Waals surface area (Å²) < 4.78 is 7.97. The van der Waals surface area contributed by atoms with E-state index in [4.69, 9.17) is 10.5 Å². The van der Waals surface area contributed by atoms with Crippen LogP contribution in [0.5, 0.6) is 5.75 Å². The Morgan fingerprint density at radius 3 is 2.67 bits per heavy atom. The average molecular weight is 391 g/mol. The maximum atomic E-state index is 5.94. The van der Waals surface area contributed by atoms with Gasteiger partial charge in [-0.3, -0.25) is 0 Å². The Hall–Kier alpha value is -0.360. The summed E-state index contributed by atoms with van der Waals surface area (Å²) in [5.41, 5.74) is 6.96. The Morgan fingerprint density at radius 1 is 1.28 bits per heavy atom. The number of benzene rings is 1. The van der Waals surface area contributed by atoms with Crippen molar-refractivity contribution in [2.45, 2.75) is 19.6 Å². The number of hydrogen-bond acceptors (Lipinski definition) is 3. The summed E-state index contributed by atoms with van der Waals surface area (Å²) in [6.07, 6.45) is 0. The van der Waals surface area contributed by atoms with E-state index in [1.54, 1.807) is 11.3 Å². The Bertz CT molecular complexity index is 540. The van der Waals surface area contributed by atoms with Crippen LogP contribution in [0.4, 0.5) is 0 Å². The van der Waals surface area contributed by atoms with Crippen molar-refractivity contribution in [2.75, 3.05) is 0 Å². The highest BCUT2D eigenvalue weighted by atomic mass is 79.9. The Labute approximate surface area is 127 Å². The van der Waals surface area contributed by atoms with Gasteiger partial charge in [-0.15, -0.1) is 11.3 Å². The lowest BCUT2D eigenvalue weighted by Crippen LogP contribution is -2.07. The smallest absolute Gasteiger partial charge is 0.125 e. The molecular formula is C13H13Br2NOS. The minimum Gasteiger partial charge on any atom is -0.488 e. The van der Waals surface area contributed by atoms with E-state index < -0.39 is 0 Å². The molecule has 1 aromatic heterocycles. The van der Waals surface area contributed by atoms with Crippen LogP contribution in [-0.4, -0.2) is 0 Å². The van der Waals surface area contributed by atoms with Crippen molar-refractivity contribution in [1.82, 2.24) is 0 Å². The van der Waals surface area contributed by atoms with Gasteiger partial charge in [-0.25, -0.2) is 0 Å². The van der Waals surface area contributed by atoms with Gasteiger partial charge in [-0.2, -0.15) is 0 Å². The number of halogens is 2. The predicted octanol–water partition coefficient (Wildman–Crippen LogP) is 4.87. The van der Waals surface area contributed by atoms with Crippen LogP contribution in [0.1, 0.15) is 23.4 Å².